The number of nitrogens with one attached hydrogen (secondary N) is 1. The molecule has 8 rings (SSSR count). The summed E-state index contributed by atoms with van der Waals surface area (Å²) in [5.74, 6) is 5.42. The number of piperidine rings is 2. The van der Waals surface area contributed by atoms with Crippen LogP contribution in [0, 0.1) is 51.4 Å². The van der Waals surface area contributed by atoms with Gasteiger partial charge in [-0.05, 0) is 98.8 Å². The molecule has 262 valence electrons. The second kappa shape index (κ2) is 15.4. The molecule has 1 N–H and O–H groups in total. The maximum absolute atomic E-state index is 5.96. The maximum atomic E-state index is 5.96. The fourth-order valence-electron chi connectivity index (χ4n) is 8.63. The summed E-state index contributed by atoms with van der Waals surface area (Å²) in [5, 5.41) is 4.34. The van der Waals surface area contributed by atoms with E-state index in [0.717, 1.165) is 60.3 Å². The van der Waals surface area contributed by atoms with Gasteiger partial charge in [0.15, 0.2) is 0 Å². The zero-order chi connectivity index (χ0) is 34.6. The van der Waals surface area contributed by atoms with E-state index in [1.54, 1.807) is 5.56 Å². The summed E-state index contributed by atoms with van der Waals surface area (Å²) < 4.78 is 11.4. The highest BCUT2D eigenvalue weighted by molar-refractivity contribution is 9.09. The molecule has 4 fully saturated rings. The number of hydrogen-bond acceptors (Lipinski definition) is 4. The Bertz CT molecular complexity index is 1690. The zero-order valence-corrected chi connectivity index (χ0v) is 31.9. The van der Waals surface area contributed by atoms with Gasteiger partial charge in [-0.1, -0.05) is 126 Å². The monoisotopic (exact) mass is 724 g/mol. The van der Waals surface area contributed by atoms with Gasteiger partial charge in [0, 0.05) is 37.2 Å². The van der Waals surface area contributed by atoms with Gasteiger partial charge in [0.05, 0.1) is 6.61 Å². The number of fused-ring (bicyclic) bond motifs is 2. The molecule has 4 aliphatic rings. The van der Waals surface area contributed by atoms with Crippen LogP contribution in [0.5, 0.6) is 11.5 Å². The van der Waals surface area contributed by atoms with Crippen LogP contribution < -0.4 is 14.8 Å². The molecule has 0 aromatic heterocycles. The minimum Gasteiger partial charge on any atom is -0.492 e. The van der Waals surface area contributed by atoms with Crippen LogP contribution in [0.4, 0.5) is 0 Å². The van der Waals surface area contributed by atoms with Gasteiger partial charge < -0.3 is 14.8 Å². The number of para-hydroxylation sites is 2. The highest BCUT2D eigenvalue weighted by Gasteiger charge is 2.65. The third-order valence-corrected chi connectivity index (χ3v) is 12.3. The van der Waals surface area contributed by atoms with E-state index in [4.69, 9.17) is 9.47 Å². The van der Waals surface area contributed by atoms with Crippen molar-refractivity contribution in [1.29, 1.82) is 0 Å². The largest absolute Gasteiger partial charge is 0.492 e. The molecule has 4 aromatic carbocycles. The average molecular weight is 726 g/mol. The van der Waals surface area contributed by atoms with Crippen LogP contribution in [0.25, 0.3) is 0 Å². The van der Waals surface area contributed by atoms with E-state index in [1.165, 1.54) is 54.0 Å². The van der Waals surface area contributed by atoms with Crippen LogP contribution in [0.15, 0.2) is 97.1 Å². The Morgan fingerprint density at radius 1 is 0.653 bits per heavy atom. The molecular formula is C44H57BrN2O2. The predicted molar refractivity (Wildman–Crippen MR) is 210 cm³/mol. The number of alkyl halides is 1. The Morgan fingerprint density at radius 3 is 1.59 bits per heavy atom. The lowest BCUT2D eigenvalue weighted by atomic mass is 9.91. The molecule has 0 spiro atoms. The first-order valence-corrected chi connectivity index (χ1v) is 19.3. The van der Waals surface area contributed by atoms with E-state index in [2.05, 4.69) is 127 Å². The third-order valence-electron chi connectivity index (χ3n) is 11.9. The topological polar surface area (TPSA) is 33.7 Å². The standard InChI is InChI=1S/C22H27NO.C13H17N.C9H11BrO.H2/c1-16-7-6-9-18(13-16)22(3)19-14-23(15-20(19)22)11-12-24-21-10-5-4-8-17(21)2;1-9-4-3-5-10(6-9)13(2)11-7-14-8-12(11)13;1-8-4-2-3-5-9(8)11-7-6-10;/h4-10,13,19-20H,11-12,14-15H2,1-3H3;3-6,11-12,14H,7-8H2,1-2H3;2-5H,6-7H2,1H3;1H. The van der Waals surface area contributed by atoms with Crippen molar-refractivity contribution < 1.29 is 10.9 Å². The number of ether oxygens (including phenoxy) is 2. The lowest BCUT2D eigenvalue weighted by Crippen LogP contribution is -2.32. The second-order valence-electron chi connectivity index (χ2n) is 15.1. The van der Waals surface area contributed by atoms with E-state index in [9.17, 15) is 0 Å². The number of likely N-dealkylation sites (tertiary alicyclic amines) is 1. The molecule has 4 aromatic rings. The minimum absolute atomic E-state index is 0. The van der Waals surface area contributed by atoms with Crippen molar-refractivity contribution in [3.8, 4) is 11.5 Å². The predicted octanol–water partition coefficient (Wildman–Crippen LogP) is 9.32. The Balaban J connectivity index is 0.000000159. The van der Waals surface area contributed by atoms with Crippen LogP contribution in [0.3, 0.4) is 0 Å². The Kier molecular flexibility index (Phi) is 11.2. The van der Waals surface area contributed by atoms with E-state index in [1.807, 2.05) is 37.3 Å². The molecule has 0 radical (unpaired) electrons. The summed E-state index contributed by atoms with van der Waals surface area (Å²) in [6.45, 7) is 20.8. The molecule has 2 heterocycles. The highest BCUT2D eigenvalue weighted by atomic mass is 79.9. The molecule has 2 aliphatic carbocycles. The first-order chi connectivity index (χ1) is 23.7. The first kappa shape index (κ1) is 35.7. The van der Waals surface area contributed by atoms with E-state index in [0.29, 0.717) is 10.8 Å². The van der Waals surface area contributed by atoms with Gasteiger partial charge in [-0.15, -0.1) is 0 Å². The van der Waals surface area contributed by atoms with E-state index in [-0.39, 0.29) is 1.43 Å². The smallest absolute Gasteiger partial charge is 0.122 e. The first-order valence-electron chi connectivity index (χ1n) is 18.2. The number of nitrogens with zero attached hydrogens (tertiary/aromatic N) is 1. The summed E-state index contributed by atoms with van der Waals surface area (Å²) in [4.78, 5) is 2.57. The molecule has 2 saturated carbocycles. The van der Waals surface area contributed by atoms with Crippen LogP contribution in [-0.4, -0.2) is 56.2 Å². The summed E-state index contributed by atoms with van der Waals surface area (Å²) >= 11 is 3.31. The summed E-state index contributed by atoms with van der Waals surface area (Å²) in [7, 11) is 0. The molecule has 0 bridgehead atoms. The summed E-state index contributed by atoms with van der Waals surface area (Å²) in [5.41, 5.74) is 9.14. The summed E-state index contributed by atoms with van der Waals surface area (Å²) in [6.07, 6.45) is 0. The Hall–Kier alpha value is -3.12. The summed E-state index contributed by atoms with van der Waals surface area (Å²) in [6, 6.07) is 34.4. The van der Waals surface area contributed by atoms with Gasteiger partial charge in [-0.25, -0.2) is 0 Å². The Labute approximate surface area is 305 Å². The fourth-order valence-corrected chi connectivity index (χ4v) is 8.79. The number of rotatable bonds is 9. The molecule has 2 aliphatic heterocycles. The number of benzene rings is 4. The van der Waals surface area contributed by atoms with E-state index >= 15 is 0 Å². The fraction of sp³-hybridized carbons (Fsp3) is 0.455. The molecule has 2 saturated heterocycles. The van der Waals surface area contributed by atoms with E-state index < -0.39 is 0 Å². The highest BCUT2D eigenvalue weighted by Crippen LogP contribution is 2.63. The van der Waals surface area contributed by atoms with Gasteiger partial charge in [0.25, 0.3) is 0 Å². The van der Waals surface area contributed by atoms with Crippen molar-refractivity contribution >= 4 is 15.9 Å². The molecule has 4 unspecified atom stereocenters. The average Bonchev–Trinajstić information content (AvgIpc) is 3.57. The molecule has 5 heteroatoms. The molecule has 0 amide bonds. The lowest BCUT2D eigenvalue weighted by molar-refractivity contribution is 0.212. The van der Waals surface area contributed by atoms with Crippen LogP contribution in [0.2, 0.25) is 0 Å². The maximum Gasteiger partial charge on any atom is 0.122 e. The van der Waals surface area contributed by atoms with Crippen molar-refractivity contribution in [1.82, 2.24) is 10.2 Å². The quantitative estimate of drug-likeness (QED) is 0.175. The number of aryl methyl sites for hydroxylation is 4. The van der Waals surface area contributed by atoms with Crippen molar-refractivity contribution in [3.63, 3.8) is 0 Å². The molecular weight excluding hydrogens is 668 g/mol. The third kappa shape index (κ3) is 7.80. The van der Waals surface area contributed by atoms with Crippen LogP contribution >= 0.6 is 15.9 Å². The van der Waals surface area contributed by atoms with Gasteiger partial charge in [0.1, 0.15) is 18.1 Å². The van der Waals surface area contributed by atoms with Crippen LogP contribution in [0.1, 0.15) is 48.7 Å². The SMILES string of the molecule is Cc1cccc(C2(C)C3CN(CCOc4ccccc4C)CC32)c1.Cc1cccc(C2(C)C3CNCC32)c1.Cc1ccccc1OCCBr.[HH]. The Morgan fingerprint density at radius 2 is 1.12 bits per heavy atom. The number of hydrogen-bond donors (Lipinski definition) is 1. The van der Waals surface area contributed by atoms with Crippen molar-refractivity contribution in [2.24, 2.45) is 23.7 Å². The lowest BCUT2D eigenvalue weighted by Gasteiger charge is -2.24. The second-order valence-corrected chi connectivity index (χ2v) is 15.9. The van der Waals surface area contributed by atoms with Crippen molar-refractivity contribution in [2.45, 2.75) is 52.4 Å². The number of halogens is 1. The molecule has 49 heavy (non-hydrogen) atoms. The van der Waals surface area contributed by atoms with Crippen molar-refractivity contribution in [3.05, 3.63) is 130 Å². The van der Waals surface area contributed by atoms with Crippen LogP contribution in [-0.2, 0) is 10.8 Å². The van der Waals surface area contributed by atoms with Gasteiger partial charge in [0.2, 0.25) is 0 Å². The normalized spacial score (nSPS) is 27.5. The van der Waals surface area contributed by atoms with Gasteiger partial charge in [-0.2, -0.15) is 0 Å². The molecule has 4 atom stereocenters. The van der Waals surface area contributed by atoms with Gasteiger partial charge in [-0.3, -0.25) is 4.90 Å². The molecule has 4 nitrogen and oxygen atoms in total. The zero-order valence-electron chi connectivity index (χ0n) is 30.3. The minimum atomic E-state index is 0. The van der Waals surface area contributed by atoms with Gasteiger partial charge >= 0.3 is 0 Å². The van der Waals surface area contributed by atoms with Crippen molar-refractivity contribution in [2.75, 3.05) is 51.3 Å².